The molecule has 27 heavy (non-hydrogen) atoms. The zero-order valence-electron chi connectivity index (χ0n) is 14.7. The van der Waals surface area contributed by atoms with E-state index in [9.17, 15) is 9.18 Å². The van der Waals surface area contributed by atoms with Crippen molar-refractivity contribution in [2.24, 2.45) is 5.11 Å². The molecule has 1 aromatic carbocycles. The zero-order chi connectivity index (χ0) is 19.4. The van der Waals surface area contributed by atoms with Crippen molar-refractivity contribution in [1.82, 2.24) is 15.0 Å². The highest BCUT2D eigenvalue weighted by molar-refractivity contribution is 6.13. The van der Waals surface area contributed by atoms with Crippen molar-refractivity contribution in [2.45, 2.75) is 19.8 Å². The van der Waals surface area contributed by atoms with Gasteiger partial charge in [0.25, 0.3) is 0 Å². The molecule has 0 aliphatic rings. The molecule has 3 rings (SSSR count). The molecule has 3 aromatic rings. The van der Waals surface area contributed by atoms with Crippen LogP contribution in [0.2, 0.25) is 0 Å². The topological polar surface area (TPSA) is 105 Å². The van der Waals surface area contributed by atoms with Crippen LogP contribution in [-0.2, 0) is 0 Å². The summed E-state index contributed by atoms with van der Waals surface area (Å²) in [5.74, 6) is -0.954. The summed E-state index contributed by atoms with van der Waals surface area (Å²) >= 11 is 0. The van der Waals surface area contributed by atoms with Crippen molar-refractivity contribution in [3.63, 3.8) is 0 Å². The number of azide groups is 1. The Hall–Kier alpha value is -3.64. The van der Waals surface area contributed by atoms with E-state index in [0.717, 1.165) is 0 Å². The Bertz CT molecular complexity index is 1030. The van der Waals surface area contributed by atoms with Gasteiger partial charge in [-0.25, -0.2) is 14.4 Å². The smallest absolute Gasteiger partial charge is 0.217 e. The Labute approximate surface area is 154 Å². The highest BCUT2D eigenvalue weighted by Gasteiger charge is 2.24. The molecule has 0 radical (unpaired) electrons. The number of ketones is 1. The van der Waals surface area contributed by atoms with Crippen LogP contribution in [0.15, 0.2) is 53.9 Å². The molecule has 0 aliphatic carbocycles. The number of halogens is 1. The molecule has 2 heterocycles. The molecule has 0 saturated carbocycles. The first kappa shape index (κ1) is 18.2. The lowest BCUT2D eigenvalue weighted by Crippen LogP contribution is -2.13. The lowest BCUT2D eigenvalue weighted by Gasteiger charge is -2.16. The van der Waals surface area contributed by atoms with E-state index in [1.54, 1.807) is 18.3 Å². The maximum atomic E-state index is 13.4. The molecular weight excluding hydrogens is 347 g/mol. The van der Waals surface area contributed by atoms with Crippen LogP contribution in [0.4, 0.5) is 10.3 Å². The summed E-state index contributed by atoms with van der Waals surface area (Å²) in [7, 11) is 0. The van der Waals surface area contributed by atoms with Crippen LogP contribution >= 0.6 is 0 Å². The van der Waals surface area contributed by atoms with Gasteiger partial charge in [0.1, 0.15) is 5.82 Å². The molecule has 0 bridgehead atoms. The number of rotatable bonds is 5. The second-order valence-corrected chi connectivity index (χ2v) is 6.05. The standard InChI is InChI=1S/C19H15FN6O/c1-11(2)16-15(18(27)13-4-3-9-22-10-13)17(24-19(23-16)25-26-21)12-5-7-14(20)8-6-12/h3-11H,1-2H3. The molecule has 8 heteroatoms. The van der Waals surface area contributed by atoms with E-state index in [0.29, 0.717) is 16.8 Å². The second kappa shape index (κ2) is 7.72. The highest BCUT2D eigenvalue weighted by atomic mass is 19.1. The molecule has 0 N–H and O–H groups in total. The first-order valence-electron chi connectivity index (χ1n) is 8.19. The second-order valence-electron chi connectivity index (χ2n) is 6.05. The number of benzene rings is 1. The van der Waals surface area contributed by atoms with Crippen LogP contribution in [0.5, 0.6) is 0 Å². The molecule has 134 valence electrons. The SMILES string of the molecule is CC(C)c1nc(N=[N+]=[N-])nc(-c2ccc(F)cc2)c1C(=O)c1cccnc1. The fourth-order valence-electron chi connectivity index (χ4n) is 2.65. The van der Waals surface area contributed by atoms with E-state index in [2.05, 4.69) is 25.0 Å². The summed E-state index contributed by atoms with van der Waals surface area (Å²) in [6.45, 7) is 3.74. The van der Waals surface area contributed by atoms with E-state index < -0.39 is 5.82 Å². The average Bonchev–Trinajstić information content (AvgIpc) is 2.68. The van der Waals surface area contributed by atoms with Gasteiger partial charge in [0.2, 0.25) is 5.95 Å². The van der Waals surface area contributed by atoms with Gasteiger partial charge in [-0.15, -0.1) is 0 Å². The molecule has 7 nitrogen and oxygen atoms in total. The fourth-order valence-corrected chi connectivity index (χ4v) is 2.65. The molecule has 2 aromatic heterocycles. The number of hydrogen-bond acceptors (Lipinski definition) is 5. The van der Waals surface area contributed by atoms with Gasteiger partial charge in [0.05, 0.1) is 17.0 Å². The van der Waals surface area contributed by atoms with E-state index >= 15 is 0 Å². The Kier molecular flexibility index (Phi) is 5.19. The first-order chi connectivity index (χ1) is 13.0. The molecule has 0 atom stereocenters. The van der Waals surface area contributed by atoms with Gasteiger partial charge >= 0.3 is 0 Å². The van der Waals surface area contributed by atoms with Crippen molar-refractivity contribution >= 4 is 11.7 Å². The van der Waals surface area contributed by atoms with E-state index in [1.165, 1.54) is 30.5 Å². The maximum Gasteiger partial charge on any atom is 0.217 e. The summed E-state index contributed by atoms with van der Waals surface area (Å²) < 4.78 is 13.4. The Morgan fingerprint density at radius 2 is 1.93 bits per heavy atom. The third-order valence-corrected chi connectivity index (χ3v) is 3.87. The summed E-state index contributed by atoms with van der Waals surface area (Å²) in [5, 5.41) is 3.49. The molecule has 0 spiro atoms. The van der Waals surface area contributed by atoms with Gasteiger partial charge in [-0.05, 0) is 53.0 Å². The lowest BCUT2D eigenvalue weighted by molar-refractivity contribution is 0.103. The van der Waals surface area contributed by atoms with Crippen LogP contribution in [0.3, 0.4) is 0 Å². The monoisotopic (exact) mass is 362 g/mol. The number of hydrogen-bond donors (Lipinski definition) is 0. The Balaban J connectivity index is 2.32. The number of carbonyl (C=O) groups excluding carboxylic acids is 1. The molecular formula is C19H15FN6O. The Morgan fingerprint density at radius 1 is 1.19 bits per heavy atom. The van der Waals surface area contributed by atoms with Crippen LogP contribution in [0.25, 0.3) is 21.7 Å². The van der Waals surface area contributed by atoms with Crippen LogP contribution in [-0.4, -0.2) is 20.7 Å². The maximum absolute atomic E-state index is 13.4. The third-order valence-electron chi connectivity index (χ3n) is 3.87. The molecule has 0 amide bonds. The van der Waals surface area contributed by atoms with Gasteiger partial charge in [0.15, 0.2) is 5.78 Å². The van der Waals surface area contributed by atoms with E-state index in [4.69, 9.17) is 5.53 Å². The minimum atomic E-state index is -0.410. The number of carbonyl (C=O) groups is 1. The summed E-state index contributed by atoms with van der Waals surface area (Å²) in [4.78, 5) is 28.4. The largest absolute Gasteiger partial charge is 0.288 e. The van der Waals surface area contributed by atoms with E-state index in [-0.39, 0.29) is 28.9 Å². The van der Waals surface area contributed by atoms with Crippen LogP contribution in [0.1, 0.15) is 41.4 Å². The number of nitrogens with zero attached hydrogens (tertiary/aromatic N) is 6. The number of pyridine rings is 1. The van der Waals surface area contributed by atoms with E-state index in [1.807, 2.05) is 13.8 Å². The van der Waals surface area contributed by atoms with Gasteiger partial charge in [-0.3, -0.25) is 9.78 Å². The van der Waals surface area contributed by atoms with Gasteiger partial charge in [0, 0.05) is 28.4 Å². The van der Waals surface area contributed by atoms with Gasteiger partial charge < -0.3 is 0 Å². The molecule has 0 unspecified atom stereocenters. The van der Waals surface area contributed by atoms with Crippen molar-refractivity contribution in [1.29, 1.82) is 0 Å². The average molecular weight is 362 g/mol. The van der Waals surface area contributed by atoms with Crippen molar-refractivity contribution in [3.8, 4) is 11.3 Å². The van der Waals surface area contributed by atoms with Crippen molar-refractivity contribution < 1.29 is 9.18 Å². The third kappa shape index (κ3) is 3.80. The minimum Gasteiger partial charge on any atom is -0.288 e. The van der Waals surface area contributed by atoms with Crippen molar-refractivity contribution in [2.75, 3.05) is 0 Å². The Morgan fingerprint density at radius 3 is 2.52 bits per heavy atom. The molecule has 0 fully saturated rings. The van der Waals surface area contributed by atoms with Gasteiger partial charge in [-0.1, -0.05) is 13.8 Å². The molecule has 0 saturated heterocycles. The van der Waals surface area contributed by atoms with Crippen molar-refractivity contribution in [3.05, 3.63) is 81.9 Å². The fraction of sp³-hybridized carbons (Fsp3) is 0.158. The lowest BCUT2D eigenvalue weighted by atomic mass is 9.93. The highest BCUT2D eigenvalue weighted by Crippen LogP contribution is 2.31. The zero-order valence-corrected chi connectivity index (χ0v) is 14.7. The predicted octanol–water partition coefficient (Wildman–Crippen LogP) is 4.97. The number of aromatic nitrogens is 3. The van der Waals surface area contributed by atoms with Gasteiger partial charge in [-0.2, -0.15) is 0 Å². The predicted molar refractivity (Wildman–Crippen MR) is 98.0 cm³/mol. The molecule has 0 aliphatic heterocycles. The normalized spacial score (nSPS) is 10.5. The van der Waals surface area contributed by atoms with Crippen LogP contribution < -0.4 is 0 Å². The first-order valence-corrected chi connectivity index (χ1v) is 8.19. The summed E-state index contributed by atoms with van der Waals surface area (Å²) in [6.07, 6.45) is 3.03. The van der Waals surface area contributed by atoms with Crippen LogP contribution in [0, 0.1) is 5.82 Å². The minimum absolute atomic E-state index is 0.0942. The summed E-state index contributed by atoms with van der Waals surface area (Å²) in [5.41, 5.74) is 10.7. The quantitative estimate of drug-likeness (QED) is 0.276. The summed E-state index contributed by atoms with van der Waals surface area (Å²) in [6, 6.07) is 8.89.